The van der Waals surface area contributed by atoms with Crippen molar-refractivity contribution in [3.63, 3.8) is 0 Å². The minimum Gasteiger partial charge on any atom is -0.480 e. The smallest absolute Gasteiger partial charge is 0.320 e. The van der Waals surface area contributed by atoms with Gasteiger partial charge in [-0.05, 0) is 31.6 Å². The minimum absolute atomic E-state index is 0.0518. The molecule has 0 aromatic rings. The van der Waals surface area contributed by atoms with Crippen LogP contribution in [-0.2, 0) is 9.59 Å². The summed E-state index contributed by atoms with van der Waals surface area (Å²) in [5.74, 6) is -0.113. The fraction of sp³-hybridized carbons (Fsp3) is 0.857. The van der Waals surface area contributed by atoms with Gasteiger partial charge in [-0.25, -0.2) is 0 Å². The Balaban J connectivity index is 2.01. The Morgan fingerprint density at radius 3 is 2.63 bits per heavy atom. The number of rotatable bonds is 4. The van der Waals surface area contributed by atoms with E-state index in [1.165, 1.54) is 26.2 Å². The van der Waals surface area contributed by atoms with Crippen LogP contribution in [0.5, 0.6) is 0 Å². The van der Waals surface area contributed by atoms with Crippen LogP contribution < -0.4 is 5.32 Å². The highest BCUT2D eigenvalue weighted by atomic mass is 16.4. The summed E-state index contributed by atoms with van der Waals surface area (Å²) in [7, 11) is 0. The van der Waals surface area contributed by atoms with Crippen molar-refractivity contribution in [3.05, 3.63) is 0 Å². The minimum atomic E-state index is -0.716. The second-order valence-electron chi connectivity index (χ2n) is 5.76. The van der Waals surface area contributed by atoms with Crippen molar-refractivity contribution in [2.75, 3.05) is 13.1 Å². The van der Waals surface area contributed by atoms with Crippen LogP contribution in [0.1, 0.15) is 45.4 Å². The van der Waals surface area contributed by atoms with Crippen LogP contribution >= 0.6 is 0 Å². The maximum atomic E-state index is 11.4. The van der Waals surface area contributed by atoms with E-state index in [4.69, 9.17) is 0 Å². The number of nitrogens with one attached hydrogen (secondary N) is 1. The van der Waals surface area contributed by atoms with Crippen LogP contribution in [0.15, 0.2) is 0 Å². The molecule has 1 saturated carbocycles. The summed E-state index contributed by atoms with van der Waals surface area (Å²) in [4.78, 5) is 24.5. The Kier molecular flexibility index (Phi) is 4.80. The number of hydrogen-bond acceptors (Lipinski definition) is 3. The lowest BCUT2D eigenvalue weighted by Crippen LogP contribution is -2.56. The van der Waals surface area contributed by atoms with Gasteiger partial charge in [0.2, 0.25) is 5.91 Å². The molecular weight excluding hydrogens is 244 g/mol. The molecule has 2 N–H and O–H groups in total. The van der Waals surface area contributed by atoms with Gasteiger partial charge in [0.15, 0.2) is 0 Å². The molecule has 1 aliphatic heterocycles. The van der Waals surface area contributed by atoms with Crippen molar-refractivity contribution < 1.29 is 14.7 Å². The number of fused-ring (bicyclic) bond motifs is 1. The Bertz CT molecular complexity index is 346. The molecule has 1 saturated heterocycles. The average Bonchev–Trinajstić information content (AvgIpc) is 2.38. The zero-order chi connectivity index (χ0) is 13.8. The van der Waals surface area contributed by atoms with E-state index in [-0.39, 0.29) is 11.9 Å². The lowest BCUT2D eigenvalue weighted by atomic mass is 9.76. The molecule has 2 fully saturated rings. The summed E-state index contributed by atoms with van der Waals surface area (Å²) in [6.45, 7) is 2.69. The topological polar surface area (TPSA) is 69.6 Å². The summed E-state index contributed by atoms with van der Waals surface area (Å²) < 4.78 is 0. The summed E-state index contributed by atoms with van der Waals surface area (Å²) in [6.07, 6.45) is 6.60. The predicted molar refractivity (Wildman–Crippen MR) is 71.8 cm³/mol. The van der Waals surface area contributed by atoms with Gasteiger partial charge in [-0.1, -0.05) is 12.8 Å². The first-order valence-corrected chi connectivity index (χ1v) is 7.32. The Hall–Kier alpha value is -1.10. The highest BCUT2D eigenvalue weighted by Crippen LogP contribution is 2.37. The van der Waals surface area contributed by atoms with E-state index in [2.05, 4.69) is 10.2 Å². The van der Waals surface area contributed by atoms with Gasteiger partial charge in [-0.3, -0.25) is 14.5 Å². The number of amides is 1. The fourth-order valence-corrected chi connectivity index (χ4v) is 3.68. The number of carbonyl (C=O) groups excluding carboxylic acids is 1. The standard InChI is InChI=1S/C14H24N2O3/c1-10(17)15-8-9-16-12-5-3-2-4-11(12)6-7-13(16)14(18)19/h11-13H,2-9H2,1H3,(H,15,17)(H,18,19). The van der Waals surface area contributed by atoms with Gasteiger partial charge in [0.1, 0.15) is 6.04 Å². The second-order valence-corrected chi connectivity index (χ2v) is 5.76. The van der Waals surface area contributed by atoms with Gasteiger partial charge < -0.3 is 10.4 Å². The molecule has 3 unspecified atom stereocenters. The predicted octanol–water partition coefficient (Wildman–Crippen LogP) is 1.23. The lowest BCUT2D eigenvalue weighted by molar-refractivity contribution is -0.148. The van der Waals surface area contributed by atoms with Gasteiger partial charge in [0.05, 0.1) is 0 Å². The van der Waals surface area contributed by atoms with Crippen LogP contribution in [-0.4, -0.2) is 47.1 Å². The second kappa shape index (κ2) is 6.37. The number of carboxylic acids is 1. The number of likely N-dealkylation sites (tertiary alicyclic amines) is 1. The largest absolute Gasteiger partial charge is 0.480 e. The molecule has 2 rings (SSSR count). The third kappa shape index (κ3) is 3.47. The fourth-order valence-electron chi connectivity index (χ4n) is 3.68. The zero-order valence-corrected chi connectivity index (χ0v) is 11.6. The third-order valence-electron chi connectivity index (χ3n) is 4.54. The van der Waals surface area contributed by atoms with Crippen molar-refractivity contribution in [3.8, 4) is 0 Å². The summed E-state index contributed by atoms with van der Waals surface area (Å²) in [6, 6.07) is 0.0328. The van der Waals surface area contributed by atoms with E-state index in [9.17, 15) is 14.7 Å². The Morgan fingerprint density at radius 1 is 1.21 bits per heavy atom. The number of nitrogens with zero attached hydrogens (tertiary/aromatic N) is 1. The molecule has 5 nitrogen and oxygen atoms in total. The number of carboxylic acid groups (broad SMARTS) is 1. The molecule has 1 heterocycles. The zero-order valence-electron chi connectivity index (χ0n) is 11.6. The van der Waals surface area contributed by atoms with Crippen molar-refractivity contribution in [2.24, 2.45) is 5.92 Å². The van der Waals surface area contributed by atoms with E-state index in [0.717, 1.165) is 19.3 Å². The summed E-state index contributed by atoms with van der Waals surface area (Å²) in [5.41, 5.74) is 0. The molecule has 0 radical (unpaired) electrons. The molecule has 2 aliphatic rings. The van der Waals surface area contributed by atoms with Crippen molar-refractivity contribution in [2.45, 2.75) is 57.5 Å². The molecule has 0 spiro atoms. The number of carbonyl (C=O) groups is 2. The average molecular weight is 268 g/mol. The monoisotopic (exact) mass is 268 g/mol. The van der Waals surface area contributed by atoms with Crippen molar-refractivity contribution >= 4 is 11.9 Å². The maximum absolute atomic E-state index is 11.4. The Morgan fingerprint density at radius 2 is 1.95 bits per heavy atom. The SMILES string of the molecule is CC(=O)NCCN1C(C(=O)O)CCC2CCCCC21. The van der Waals surface area contributed by atoms with E-state index >= 15 is 0 Å². The summed E-state index contributed by atoms with van der Waals surface area (Å²) >= 11 is 0. The van der Waals surface area contributed by atoms with Crippen LogP contribution in [0.4, 0.5) is 0 Å². The molecule has 0 bridgehead atoms. The van der Waals surface area contributed by atoms with Gasteiger partial charge in [0.25, 0.3) is 0 Å². The van der Waals surface area contributed by atoms with Gasteiger partial charge >= 0.3 is 5.97 Å². The molecular formula is C14H24N2O3. The first kappa shape index (κ1) is 14.3. The molecule has 0 aromatic heterocycles. The van der Waals surface area contributed by atoms with E-state index < -0.39 is 5.97 Å². The van der Waals surface area contributed by atoms with E-state index in [0.29, 0.717) is 25.0 Å². The van der Waals surface area contributed by atoms with E-state index in [1.807, 2.05) is 0 Å². The maximum Gasteiger partial charge on any atom is 0.320 e. The van der Waals surface area contributed by atoms with Crippen LogP contribution in [0.2, 0.25) is 0 Å². The molecule has 0 aromatic carbocycles. The van der Waals surface area contributed by atoms with Crippen LogP contribution in [0.3, 0.4) is 0 Å². The summed E-state index contributed by atoms with van der Waals surface area (Å²) in [5, 5.41) is 12.2. The molecule has 3 atom stereocenters. The normalized spacial score (nSPS) is 31.5. The lowest BCUT2D eigenvalue weighted by Gasteiger charge is -2.47. The Labute approximate surface area is 114 Å². The van der Waals surface area contributed by atoms with Crippen LogP contribution in [0, 0.1) is 5.92 Å². The molecule has 5 heteroatoms. The number of piperidine rings is 1. The number of hydrogen-bond donors (Lipinski definition) is 2. The highest BCUT2D eigenvalue weighted by Gasteiger charge is 2.40. The van der Waals surface area contributed by atoms with Gasteiger partial charge in [-0.2, -0.15) is 0 Å². The molecule has 108 valence electrons. The first-order valence-electron chi connectivity index (χ1n) is 7.32. The van der Waals surface area contributed by atoms with Crippen LogP contribution in [0.25, 0.3) is 0 Å². The third-order valence-corrected chi connectivity index (χ3v) is 4.54. The highest BCUT2D eigenvalue weighted by molar-refractivity contribution is 5.74. The van der Waals surface area contributed by atoms with Gasteiger partial charge in [0, 0.05) is 26.1 Å². The van der Waals surface area contributed by atoms with E-state index in [1.54, 1.807) is 0 Å². The quantitative estimate of drug-likeness (QED) is 0.804. The van der Waals surface area contributed by atoms with Gasteiger partial charge in [-0.15, -0.1) is 0 Å². The molecule has 1 amide bonds. The van der Waals surface area contributed by atoms with Crippen molar-refractivity contribution in [1.29, 1.82) is 0 Å². The van der Waals surface area contributed by atoms with Crippen molar-refractivity contribution in [1.82, 2.24) is 10.2 Å². The molecule has 1 aliphatic carbocycles. The molecule has 19 heavy (non-hydrogen) atoms. The number of aliphatic carboxylic acids is 1. The first-order chi connectivity index (χ1) is 9.09.